The topological polar surface area (TPSA) is 43.2 Å². The number of pyridine rings is 1. The second-order valence-electron chi connectivity index (χ2n) is 5.99. The average molecular weight is 322 g/mol. The van der Waals surface area contributed by atoms with Crippen molar-refractivity contribution in [1.29, 1.82) is 0 Å². The van der Waals surface area contributed by atoms with Crippen LogP contribution in [0.2, 0.25) is 0 Å². The molecular formula is C19H22N4O. The van der Waals surface area contributed by atoms with E-state index in [-0.39, 0.29) is 0 Å². The first-order valence-electron chi connectivity index (χ1n) is 7.90. The zero-order chi connectivity index (χ0) is 16.9. The van der Waals surface area contributed by atoms with E-state index >= 15 is 0 Å². The monoisotopic (exact) mass is 322 g/mol. The maximum absolute atomic E-state index is 5.36. The summed E-state index contributed by atoms with van der Waals surface area (Å²) in [6.45, 7) is 1.71. The molecule has 5 nitrogen and oxygen atoms in total. The number of rotatable bonds is 6. The number of methoxy groups -OCH3 is 1. The molecule has 0 aliphatic heterocycles. The summed E-state index contributed by atoms with van der Waals surface area (Å²) in [5, 5.41) is 0. The fourth-order valence-electron chi connectivity index (χ4n) is 2.72. The Bertz CT molecular complexity index is 793. The van der Waals surface area contributed by atoms with Crippen molar-refractivity contribution in [1.82, 2.24) is 19.4 Å². The lowest BCUT2D eigenvalue weighted by Crippen LogP contribution is -2.10. The van der Waals surface area contributed by atoms with Gasteiger partial charge in [-0.3, -0.25) is 0 Å². The van der Waals surface area contributed by atoms with Gasteiger partial charge in [-0.15, -0.1) is 0 Å². The first-order valence-corrected chi connectivity index (χ1v) is 7.90. The fourth-order valence-corrected chi connectivity index (χ4v) is 2.72. The Balaban J connectivity index is 1.83. The van der Waals surface area contributed by atoms with Gasteiger partial charge >= 0.3 is 0 Å². The molecule has 5 heteroatoms. The number of nitrogens with zero attached hydrogens (tertiary/aromatic N) is 4. The van der Waals surface area contributed by atoms with Gasteiger partial charge in [0.1, 0.15) is 5.82 Å². The fraction of sp³-hybridized carbons (Fsp3) is 0.263. The first-order chi connectivity index (χ1) is 11.7. The lowest BCUT2D eigenvalue weighted by Gasteiger charge is -2.12. The van der Waals surface area contributed by atoms with Crippen LogP contribution in [0.4, 0.5) is 0 Å². The van der Waals surface area contributed by atoms with Gasteiger partial charge < -0.3 is 14.2 Å². The Kier molecular flexibility index (Phi) is 4.91. The summed E-state index contributed by atoms with van der Waals surface area (Å²) >= 11 is 0. The minimum absolute atomic E-state index is 0.589. The molecule has 24 heavy (non-hydrogen) atoms. The van der Waals surface area contributed by atoms with Crippen molar-refractivity contribution < 1.29 is 4.74 Å². The molecule has 0 saturated carbocycles. The molecule has 0 bridgehead atoms. The van der Waals surface area contributed by atoms with Crippen molar-refractivity contribution in [3.8, 4) is 17.3 Å². The van der Waals surface area contributed by atoms with Crippen LogP contribution in [0.15, 0.2) is 55.0 Å². The molecule has 0 N–H and O–H groups in total. The van der Waals surface area contributed by atoms with Crippen molar-refractivity contribution in [2.75, 3.05) is 21.2 Å². The van der Waals surface area contributed by atoms with Crippen LogP contribution in [0.1, 0.15) is 11.1 Å². The number of ether oxygens (including phenoxy) is 1. The number of aromatic nitrogens is 3. The lowest BCUT2D eigenvalue weighted by atomic mass is 10.1. The average Bonchev–Trinajstić information content (AvgIpc) is 3.04. The Morgan fingerprint density at radius 3 is 2.46 bits per heavy atom. The maximum atomic E-state index is 5.36. The second kappa shape index (κ2) is 7.27. The summed E-state index contributed by atoms with van der Waals surface area (Å²) in [5.41, 5.74) is 3.44. The van der Waals surface area contributed by atoms with Crippen molar-refractivity contribution in [2.24, 2.45) is 0 Å². The molecule has 3 rings (SSSR count). The highest BCUT2D eigenvalue weighted by molar-refractivity contribution is 5.61. The van der Waals surface area contributed by atoms with Crippen LogP contribution in [-0.4, -0.2) is 40.6 Å². The standard InChI is InChI=1S/C19H22N4O/c1-22(2)13-15-6-8-16(9-7-15)14-23-12-11-20-18(23)17-5-4-10-21-19(17)24-3/h4-12H,13-14H2,1-3H3. The summed E-state index contributed by atoms with van der Waals surface area (Å²) in [6.07, 6.45) is 5.51. The Morgan fingerprint density at radius 2 is 1.75 bits per heavy atom. The second-order valence-corrected chi connectivity index (χ2v) is 5.99. The molecule has 0 saturated heterocycles. The highest BCUT2D eigenvalue weighted by Gasteiger charge is 2.12. The predicted molar refractivity (Wildman–Crippen MR) is 94.9 cm³/mol. The quantitative estimate of drug-likeness (QED) is 0.699. The summed E-state index contributed by atoms with van der Waals surface area (Å²) in [5.74, 6) is 1.45. The molecule has 0 atom stereocenters. The molecule has 0 spiro atoms. The van der Waals surface area contributed by atoms with Gasteiger partial charge in [0.15, 0.2) is 0 Å². The Morgan fingerprint density at radius 1 is 1.00 bits per heavy atom. The van der Waals surface area contributed by atoms with Gasteiger partial charge in [0.25, 0.3) is 0 Å². The Labute approximate surface area is 142 Å². The SMILES string of the molecule is COc1ncccc1-c1nccn1Cc1ccc(CN(C)C)cc1. The van der Waals surface area contributed by atoms with Gasteiger partial charge in [-0.05, 0) is 37.4 Å². The normalized spacial score (nSPS) is 11.0. The van der Waals surface area contributed by atoms with Crippen molar-refractivity contribution in [3.63, 3.8) is 0 Å². The van der Waals surface area contributed by atoms with E-state index < -0.39 is 0 Å². The number of hydrogen-bond acceptors (Lipinski definition) is 4. The van der Waals surface area contributed by atoms with Crippen molar-refractivity contribution in [2.45, 2.75) is 13.1 Å². The first kappa shape index (κ1) is 16.2. The minimum Gasteiger partial charge on any atom is -0.480 e. The predicted octanol–water partition coefficient (Wildman–Crippen LogP) is 3.06. The van der Waals surface area contributed by atoms with E-state index in [0.717, 1.165) is 24.5 Å². The maximum Gasteiger partial charge on any atom is 0.224 e. The largest absolute Gasteiger partial charge is 0.480 e. The van der Waals surface area contributed by atoms with E-state index in [2.05, 4.69) is 57.8 Å². The van der Waals surface area contributed by atoms with Gasteiger partial charge in [-0.1, -0.05) is 24.3 Å². The van der Waals surface area contributed by atoms with E-state index in [1.165, 1.54) is 11.1 Å². The highest BCUT2D eigenvalue weighted by Crippen LogP contribution is 2.26. The molecule has 0 aliphatic rings. The number of imidazole rings is 1. The van der Waals surface area contributed by atoms with Crippen LogP contribution in [0.3, 0.4) is 0 Å². The van der Waals surface area contributed by atoms with Crippen LogP contribution in [0.25, 0.3) is 11.4 Å². The zero-order valence-electron chi connectivity index (χ0n) is 14.3. The van der Waals surface area contributed by atoms with E-state index in [4.69, 9.17) is 4.74 Å². The van der Waals surface area contributed by atoms with Crippen LogP contribution in [-0.2, 0) is 13.1 Å². The summed E-state index contributed by atoms with van der Waals surface area (Å²) in [4.78, 5) is 10.9. The van der Waals surface area contributed by atoms with Gasteiger partial charge in [0.2, 0.25) is 5.88 Å². The number of hydrogen-bond donors (Lipinski definition) is 0. The van der Waals surface area contributed by atoms with Crippen molar-refractivity contribution >= 4 is 0 Å². The van der Waals surface area contributed by atoms with E-state index in [1.54, 1.807) is 13.3 Å². The van der Waals surface area contributed by atoms with E-state index in [1.807, 2.05) is 24.5 Å². The molecule has 0 fully saturated rings. The van der Waals surface area contributed by atoms with Gasteiger partial charge in [-0.2, -0.15) is 0 Å². The molecule has 0 aliphatic carbocycles. The van der Waals surface area contributed by atoms with E-state index in [9.17, 15) is 0 Å². The van der Waals surface area contributed by atoms with Gasteiger partial charge in [0.05, 0.1) is 12.7 Å². The molecule has 1 aromatic carbocycles. The molecule has 0 radical (unpaired) electrons. The van der Waals surface area contributed by atoms with Gasteiger partial charge in [0, 0.05) is 31.7 Å². The van der Waals surface area contributed by atoms with Gasteiger partial charge in [-0.25, -0.2) is 9.97 Å². The van der Waals surface area contributed by atoms with Crippen LogP contribution >= 0.6 is 0 Å². The smallest absolute Gasteiger partial charge is 0.224 e. The van der Waals surface area contributed by atoms with E-state index in [0.29, 0.717) is 5.88 Å². The summed E-state index contributed by atoms with van der Waals surface area (Å²) in [6, 6.07) is 12.6. The molecule has 2 aromatic heterocycles. The molecule has 124 valence electrons. The Hall–Kier alpha value is -2.66. The third-order valence-electron chi connectivity index (χ3n) is 3.80. The molecule has 0 amide bonds. The highest BCUT2D eigenvalue weighted by atomic mass is 16.5. The molecule has 3 aromatic rings. The van der Waals surface area contributed by atoms with Crippen LogP contribution in [0.5, 0.6) is 5.88 Å². The zero-order valence-corrected chi connectivity index (χ0v) is 14.3. The van der Waals surface area contributed by atoms with Crippen molar-refractivity contribution in [3.05, 3.63) is 66.1 Å². The summed E-state index contributed by atoms with van der Waals surface area (Å²) in [7, 11) is 5.78. The molecular weight excluding hydrogens is 300 g/mol. The molecule has 2 heterocycles. The third-order valence-corrected chi connectivity index (χ3v) is 3.80. The number of benzene rings is 1. The van der Waals surface area contributed by atoms with Crippen LogP contribution in [0, 0.1) is 0 Å². The van der Waals surface area contributed by atoms with Crippen LogP contribution < -0.4 is 4.74 Å². The summed E-state index contributed by atoms with van der Waals surface area (Å²) < 4.78 is 7.47. The third kappa shape index (κ3) is 3.63. The molecule has 0 unspecified atom stereocenters. The lowest BCUT2D eigenvalue weighted by molar-refractivity contribution is 0.399. The minimum atomic E-state index is 0.589.